The standard InChI is InChI=1S/C13H13ClN2O4/c1-8(17)16-11(13(18)19-2)7-20-12-4-3-9(6-15)5-10(12)14/h3-5,11H,7H2,1-2H3,(H,16,17). The fourth-order valence-corrected chi connectivity index (χ4v) is 1.65. The Morgan fingerprint density at radius 3 is 2.70 bits per heavy atom. The molecule has 0 aliphatic carbocycles. The van der Waals surface area contributed by atoms with Crippen molar-refractivity contribution in [3.63, 3.8) is 0 Å². The number of esters is 1. The first-order chi connectivity index (χ1) is 9.47. The summed E-state index contributed by atoms with van der Waals surface area (Å²) in [4.78, 5) is 22.5. The van der Waals surface area contributed by atoms with Gasteiger partial charge in [-0.15, -0.1) is 0 Å². The molecule has 0 aromatic heterocycles. The van der Waals surface area contributed by atoms with Gasteiger partial charge in [0.15, 0.2) is 6.04 Å². The summed E-state index contributed by atoms with van der Waals surface area (Å²) in [5.74, 6) is -0.690. The molecular weight excluding hydrogens is 284 g/mol. The lowest BCUT2D eigenvalue weighted by atomic mass is 10.2. The number of methoxy groups -OCH3 is 1. The van der Waals surface area contributed by atoms with Crippen molar-refractivity contribution in [1.29, 1.82) is 5.26 Å². The number of nitrogens with zero attached hydrogens (tertiary/aromatic N) is 1. The Labute approximate surface area is 121 Å². The van der Waals surface area contributed by atoms with Gasteiger partial charge in [-0.3, -0.25) is 4.79 Å². The number of hydrogen-bond acceptors (Lipinski definition) is 5. The van der Waals surface area contributed by atoms with Gasteiger partial charge in [0.1, 0.15) is 12.4 Å². The molecule has 1 rings (SSSR count). The molecule has 7 heteroatoms. The first-order valence-corrected chi connectivity index (χ1v) is 6.03. The lowest BCUT2D eigenvalue weighted by Crippen LogP contribution is -2.44. The topological polar surface area (TPSA) is 88.4 Å². The van der Waals surface area contributed by atoms with Crippen LogP contribution in [0, 0.1) is 11.3 Å². The third kappa shape index (κ3) is 4.44. The van der Waals surface area contributed by atoms with Gasteiger partial charge in [0, 0.05) is 6.92 Å². The zero-order chi connectivity index (χ0) is 15.1. The SMILES string of the molecule is COC(=O)C(COc1ccc(C#N)cc1Cl)NC(C)=O. The van der Waals surface area contributed by atoms with Crippen LogP contribution in [-0.4, -0.2) is 31.6 Å². The molecule has 0 spiro atoms. The molecule has 0 radical (unpaired) electrons. The van der Waals surface area contributed by atoms with Crippen molar-refractivity contribution in [1.82, 2.24) is 5.32 Å². The lowest BCUT2D eigenvalue weighted by molar-refractivity contribution is -0.145. The van der Waals surface area contributed by atoms with E-state index >= 15 is 0 Å². The fourth-order valence-electron chi connectivity index (χ4n) is 1.42. The minimum atomic E-state index is -0.927. The second kappa shape index (κ2) is 7.36. The van der Waals surface area contributed by atoms with Crippen LogP contribution in [0.1, 0.15) is 12.5 Å². The van der Waals surface area contributed by atoms with Gasteiger partial charge in [-0.25, -0.2) is 4.79 Å². The van der Waals surface area contributed by atoms with Gasteiger partial charge in [0.05, 0.1) is 23.8 Å². The van der Waals surface area contributed by atoms with Gasteiger partial charge in [0.25, 0.3) is 0 Å². The Kier molecular flexibility index (Phi) is 5.81. The van der Waals surface area contributed by atoms with Crippen molar-refractivity contribution in [2.24, 2.45) is 0 Å². The average Bonchev–Trinajstić information content (AvgIpc) is 2.43. The highest BCUT2D eigenvalue weighted by Crippen LogP contribution is 2.25. The molecule has 1 unspecified atom stereocenters. The van der Waals surface area contributed by atoms with Crippen LogP contribution in [0.25, 0.3) is 0 Å². The van der Waals surface area contributed by atoms with Crippen molar-refractivity contribution in [2.75, 3.05) is 13.7 Å². The summed E-state index contributed by atoms with van der Waals surface area (Å²) in [6.07, 6.45) is 0. The highest BCUT2D eigenvalue weighted by atomic mass is 35.5. The second-order valence-corrected chi connectivity index (χ2v) is 4.25. The zero-order valence-corrected chi connectivity index (χ0v) is 11.7. The van der Waals surface area contributed by atoms with Gasteiger partial charge in [-0.05, 0) is 18.2 Å². The minimum Gasteiger partial charge on any atom is -0.489 e. The number of carbonyl (C=O) groups excluding carboxylic acids is 2. The lowest BCUT2D eigenvalue weighted by Gasteiger charge is -2.16. The van der Waals surface area contributed by atoms with Crippen LogP contribution in [-0.2, 0) is 14.3 Å². The third-order valence-corrected chi connectivity index (χ3v) is 2.63. The summed E-state index contributed by atoms with van der Waals surface area (Å²) in [6, 6.07) is 5.51. The Balaban J connectivity index is 2.74. The van der Waals surface area contributed by atoms with E-state index in [1.54, 1.807) is 0 Å². The summed E-state index contributed by atoms with van der Waals surface area (Å²) in [6.45, 7) is 1.16. The molecular formula is C13H13ClN2O4. The number of amides is 1. The number of rotatable bonds is 5. The summed E-state index contributed by atoms with van der Waals surface area (Å²) in [7, 11) is 1.21. The summed E-state index contributed by atoms with van der Waals surface area (Å²) >= 11 is 5.93. The van der Waals surface area contributed by atoms with Gasteiger partial charge in [-0.2, -0.15) is 5.26 Å². The van der Waals surface area contributed by atoms with Gasteiger partial charge >= 0.3 is 5.97 Å². The van der Waals surface area contributed by atoms with Crippen molar-refractivity contribution >= 4 is 23.5 Å². The van der Waals surface area contributed by atoms with E-state index in [2.05, 4.69) is 10.1 Å². The average molecular weight is 297 g/mol. The van der Waals surface area contributed by atoms with Crippen LogP contribution in [0.15, 0.2) is 18.2 Å². The maximum Gasteiger partial charge on any atom is 0.331 e. The number of nitrogens with one attached hydrogen (secondary N) is 1. The van der Waals surface area contributed by atoms with E-state index in [1.807, 2.05) is 6.07 Å². The van der Waals surface area contributed by atoms with E-state index in [4.69, 9.17) is 21.6 Å². The van der Waals surface area contributed by atoms with E-state index in [1.165, 1.54) is 32.2 Å². The Morgan fingerprint density at radius 2 is 2.20 bits per heavy atom. The highest BCUT2D eigenvalue weighted by molar-refractivity contribution is 6.32. The number of hydrogen-bond donors (Lipinski definition) is 1. The molecule has 0 saturated carbocycles. The number of carbonyl (C=O) groups is 2. The number of ether oxygens (including phenoxy) is 2. The van der Waals surface area contributed by atoms with E-state index < -0.39 is 12.0 Å². The molecule has 0 heterocycles. The molecule has 1 amide bonds. The van der Waals surface area contributed by atoms with Crippen LogP contribution >= 0.6 is 11.6 Å². The first kappa shape index (κ1) is 15.8. The Hall–Kier alpha value is -2.26. The molecule has 0 saturated heterocycles. The molecule has 0 bridgehead atoms. The van der Waals surface area contributed by atoms with E-state index in [0.717, 1.165) is 0 Å². The van der Waals surface area contributed by atoms with Crippen LogP contribution in [0.4, 0.5) is 0 Å². The number of benzene rings is 1. The molecule has 20 heavy (non-hydrogen) atoms. The van der Waals surface area contributed by atoms with Crippen molar-refractivity contribution in [3.8, 4) is 11.8 Å². The molecule has 1 aromatic rings. The van der Waals surface area contributed by atoms with E-state index in [9.17, 15) is 9.59 Å². The van der Waals surface area contributed by atoms with Crippen LogP contribution in [0.2, 0.25) is 5.02 Å². The zero-order valence-electron chi connectivity index (χ0n) is 11.0. The molecule has 0 aliphatic rings. The quantitative estimate of drug-likeness (QED) is 0.827. The monoisotopic (exact) mass is 296 g/mol. The maximum atomic E-state index is 11.5. The van der Waals surface area contributed by atoms with Crippen molar-refractivity contribution < 1.29 is 19.1 Å². The predicted octanol–water partition coefficient (Wildman–Crippen LogP) is 1.27. The van der Waals surface area contributed by atoms with Gasteiger partial charge in [0.2, 0.25) is 5.91 Å². The van der Waals surface area contributed by atoms with Crippen molar-refractivity contribution in [3.05, 3.63) is 28.8 Å². The van der Waals surface area contributed by atoms with Crippen LogP contribution in [0.3, 0.4) is 0 Å². The third-order valence-electron chi connectivity index (χ3n) is 2.33. The van der Waals surface area contributed by atoms with E-state index in [-0.39, 0.29) is 17.5 Å². The minimum absolute atomic E-state index is 0.127. The summed E-state index contributed by atoms with van der Waals surface area (Å²) < 4.78 is 9.92. The largest absolute Gasteiger partial charge is 0.489 e. The van der Waals surface area contributed by atoms with Crippen LogP contribution in [0.5, 0.6) is 5.75 Å². The smallest absolute Gasteiger partial charge is 0.331 e. The molecule has 1 N–H and O–H groups in total. The molecule has 0 aliphatic heterocycles. The molecule has 106 valence electrons. The second-order valence-electron chi connectivity index (χ2n) is 3.84. The molecule has 0 fully saturated rings. The highest BCUT2D eigenvalue weighted by Gasteiger charge is 2.21. The number of halogens is 1. The van der Waals surface area contributed by atoms with Crippen molar-refractivity contribution in [2.45, 2.75) is 13.0 Å². The van der Waals surface area contributed by atoms with Crippen LogP contribution < -0.4 is 10.1 Å². The molecule has 6 nitrogen and oxygen atoms in total. The normalized spacial score (nSPS) is 11.1. The van der Waals surface area contributed by atoms with E-state index in [0.29, 0.717) is 11.3 Å². The first-order valence-electron chi connectivity index (χ1n) is 5.65. The van der Waals surface area contributed by atoms with Gasteiger partial charge < -0.3 is 14.8 Å². The molecule has 1 atom stereocenters. The van der Waals surface area contributed by atoms with Gasteiger partial charge in [-0.1, -0.05) is 11.6 Å². The number of nitriles is 1. The molecule has 1 aromatic carbocycles. The fraction of sp³-hybridized carbons (Fsp3) is 0.308. The Morgan fingerprint density at radius 1 is 1.50 bits per heavy atom. The Bertz CT molecular complexity index is 554. The maximum absolute atomic E-state index is 11.5. The summed E-state index contributed by atoms with van der Waals surface area (Å²) in [5.41, 5.74) is 0.397. The predicted molar refractivity (Wildman–Crippen MR) is 71.3 cm³/mol. The summed E-state index contributed by atoms with van der Waals surface area (Å²) in [5, 5.41) is 11.4.